The lowest BCUT2D eigenvalue weighted by Crippen LogP contribution is -2.31. The Balaban J connectivity index is 1.42. The van der Waals surface area contributed by atoms with E-state index in [9.17, 15) is 9.18 Å². The van der Waals surface area contributed by atoms with Gasteiger partial charge < -0.3 is 4.74 Å². The Morgan fingerprint density at radius 3 is 2.56 bits per heavy atom. The van der Waals surface area contributed by atoms with Crippen molar-refractivity contribution in [3.63, 3.8) is 0 Å². The molecule has 178 valence electrons. The molecule has 2 unspecified atom stereocenters. The Kier molecular flexibility index (Phi) is 10.1. The molecule has 0 spiro atoms. The first kappa shape index (κ1) is 25.3. The molecule has 3 rings (SSSR count). The van der Waals surface area contributed by atoms with Crippen molar-refractivity contribution in [1.82, 2.24) is 0 Å². The van der Waals surface area contributed by atoms with Gasteiger partial charge in [-0.15, -0.1) is 6.58 Å². The molecule has 1 aromatic carbocycles. The van der Waals surface area contributed by atoms with Crippen LogP contribution in [0.3, 0.4) is 0 Å². The summed E-state index contributed by atoms with van der Waals surface area (Å²) >= 11 is 6.43. The van der Waals surface area contributed by atoms with E-state index in [2.05, 4.69) is 13.5 Å². The second-order valence-corrected chi connectivity index (χ2v) is 10.3. The van der Waals surface area contributed by atoms with Crippen molar-refractivity contribution in [2.24, 2.45) is 11.8 Å². The molecule has 1 saturated heterocycles. The fourth-order valence-electron chi connectivity index (χ4n) is 5.48. The zero-order valence-electron chi connectivity index (χ0n) is 19.7. The molecule has 0 N–H and O–H groups in total. The highest BCUT2D eigenvalue weighted by molar-refractivity contribution is 6.31. The summed E-state index contributed by atoms with van der Waals surface area (Å²) in [4.78, 5) is 12.4. The van der Waals surface area contributed by atoms with E-state index in [0.717, 1.165) is 76.2 Å². The lowest BCUT2D eigenvalue weighted by atomic mass is 9.76. The molecular formula is C28H40ClFO2. The van der Waals surface area contributed by atoms with E-state index < -0.39 is 0 Å². The van der Waals surface area contributed by atoms with E-state index >= 15 is 0 Å². The third-order valence-corrected chi connectivity index (χ3v) is 7.99. The van der Waals surface area contributed by atoms with Gasteiger partial charge in [0.2, 0.25) is 0 Å². The van der Waals surface area contributed by atoms with Gasteiger partial charge in [0.1, 0.15) is 11.9 Å². The summed E-state index contributed by atoms with van der Waals surface area (Å²) in [5.74, 6) is 0.853. The van der Waals surface area contributed by atoms with Crippen LogP contribution in [0.25, 0.3) is 0 Å². The smallest absolute Gasteiger partial charge is 0.309 e. The number of aryl methyl sites for hydroxylation is 1. The Morgan fingerprint density at radius 2 is 1.88 bits per heavy atom. The number of carbonyl (C=O) groups excluding carboxylic acids is 1. The normalized spacial score (nSPS) is 26.0. The zero-order chi connectivity index (χ0) is 22.9. The van der Waals surface area contributed by atoms with Crippen LogP contribution in [0.1, 0.15) is 107 Å². The van der Waals surface area contributed by atoms with Gasteiger partial charge in [0.05, 0.1) is 10.9 Å². The fourth-order valence-corrected chi connectivity index (χ4v) is 5.82. The van der Waals surface area contributed by atoms with Gasteiger partial charge in [0, 0.05) is 0 Å². The van der Waals surface area contributed by atoms with Crippen molar-refractivity contribution >= 4 is 17.6 Å². The second-order valence-electron chi connectivity index (χ2n) is 9.89. The first-order valence-electron chi connectivity index (χ1n) is 12.8. The van der Waals surface area contributed by atoms with Crippen LogP contribution in [0.4, 0.5) is 4.39 Å². The average Bonchev–Trinajstić information content (AvgIpc) is 2.80. The van der Waals surface area contributed by atoms with E-state index in [4.69, 9.17) is 16.3 Å². The van der Waals surface area contributed by atoms with Gasteiger partial charge in [-0.05, 0) is 100 Å². The van der Waals surface area contributed by atoms with Crippen molar-refractivity contribution < 1.29 is 13.9 Å². The second kappa shape index (κ2) is 12.8. The minimum atomic E-state index is -0.253. The van der Waals surface area contributed by atoms with Crippen LogP contribution >= 0.6 is 11.6 Å². The zero-order valence-corrected chi connectivity index (χ0v) is 20.5. The van der Waals surface area contributed by atoms with Gasteiger partial charge in [-0.3, -0.25) is 4.79 Å². The highest BCUT2D eigenvalue weighted by Crippen LogP contribution is 2.42. The molecule has 2 atom stereocenters. The molecule has 4 heteroatoms. The number of halogens is 2. The number of benzene rings is 1. The van der Waals surface area contributed by atoms with Crippen LogP contribution in [0.5, 0.6) is 0 Å². The SMILES string of the molecule is C=CCCc1ccc(C2CCC(CCC3CCC(CCCCC)OC3=O)CC2)c(Cl)c1F. The first-order valence-corrected chi connectivity index (χ1v) is 13.2. The number of unbranched alkanes of at least 4 members (excludes halogenated alkanes) is 2. The van der Waals surface area contributed by atoms with Crippen LogP contribution in [0.15, 0.2) is 24.8 Å². The van der Waals surface area contributed by atoms with E-state index in [1.54, 1.807) is 0 Å². The van der Waals surface area contributed by atoms with Gasteiger partial charge in [-0.1, -0.05) is 49.6 Å². The van der Waals surface area contributed by atoms with Crippen molar-refractivity contribution in [3.05, 3.63) is 46.8 Å². The van der Waals surface area contributed by atoms with Crippen molar-refractivity contribution in [1.29, 1.82) is 0 Å². The maximum atomic E-state index is 14.7. The summed E-state index contributed by atoms with van der Waals surface area (Å²) in [5.41, 5.74) is 1.65. The number of hydrogen-bond acceptors (Lipinski definition) is 2. The van der Waals surface area contributed by atoms with E-state index in [0.29, 0.717) is 28.8 Å². The maximum absolute atomic E-state index is 14.7. The molecule has 1 heterocycles. The summed E-state index contributed by atoms with van der Waals surface area (Å²) in [6.07, 6.45) is 16.4. The highest BCUT2D eigenvalue weighted by Gasteiger charge is 2.31. The van der Waals surface area contributed by atoms with Crippen LogP contribution < -0.4 is 0 Å². The van der Waals surface area contributed by atoms with E-state index in [-0.39, 0.29) is 23.8 Å². The van der Waals surface area contributed by atoms with Gasteiger partial charge >= 0.3 is 5.97 Å². The van der Waals surface area contributed by atoms with Crippen molar-refractivity contribution in [2.45, 2.75) is 109 Å². The molecule has 0 amide bonds. The predicted molar refractivity (Wildman–Crippen MR) is 131 cm³/mol. The summed E-state index contributed by atoms with van der Waals surface area (Å²) in [6.45, 7) is 5.91. The predicted octanol–water partition coefficient (Wildman–Crippen LogP) is 8.55. The number of carbonyl (C=O) groups is 1. The third kappa shape index (κ3) is 6.83. The molecule has 1 saturated carbocycles. The Labute approximate surface area is 199 Å². The highest BCUT2D eigenvalue weighted by atomic mass is 35.5. The molecule has 0 bridgehead atoms. The number of hydrogen-bond donors (Lipinski definition) is 0. The van der Waals surface area contributed by atoms with E-state index in [1.807, 2.05) is 18.2 Å². The van der Waals surface area contributed by atoms with Gasteiger partial charge in [0.15, 0.2) is 0 Å². The largest absolute Gasteiger partial charge is 0.462 e. The maximum Gasteiger partial charge on any atom is 0.309 e. The molecular weight excluding hydrogens is 423 g/mol. The topological polar surface area (TPSA) is 26.3 Å². The quantitative estimate of drug-likeness (QED) is 0.187. The Morgan fingerprint density at radius 1 is 1.09 bits per heavy atom. The third-order valence-electron chi connectivity index (χ3n) is 7.60. The molecule has 1 aliphatic carbocycles. The number of cyclic esters (lactones) is 1. The van der Waals surface area contributed by atoms with E-state index in [1.165, 1.54) is 12.8 Å². The summed E-state index contributed by atoms with van der Waals surface area (Å²) in [6, 6.07) is 3.93. The average molecular weight is 463 g/mol. The molecule has 2 aliphatic rings. The van der Waals surface area contributed by atoms with Gasteiger partial charge in [-0.2, -0.15) is 0 Å². The van der Waals surface area contributed by atoms with Crippen molar-refractivity contribution in [2.75, 3.05) is 0 Å². The lowest BCUT2D eigenvalue weighted by Gasteiger charge is -2.32. The van der Waals surface area contributed by atoms with Crippen LogP contribution in [-0.2, 0) is 16.0 Å². The van der Waals surface area contributed by atoms with Crippen LogP contribution in [0.2, 0.25) is 5.02 Å². The molecule has 1 aliphatic heterocycles. The summed E-state index contributed by atoms with van der Waals surface area (Å²) < 4.78 is 20.4. The Bertz CT molecular complexity index is 754. The molecule has 1 aromatic rings. The minimum Gasteiger partial charge on any atom is -0.462 e. The summed E-state index contributed by atoms with van der Waals surface area (Å²) in [5, 5.41) is 0.313. The van der Waals surface area contributed by atoms with Gasteiger partial charge in [0.25, 0.3) is 0 Å². The van der Waals surface area contributed by atoms with Crippen molar-refractivity contribution in [3.8, 4) is 0 Å². The lowest BCUT2D eigenvalue weighted by molar-refractivity contribution is -0.161. The number of rotatable bonds is 11. The number of esters is 1. The monoisotopic (exact) mass is 462 g/mol. The molecule has 0 radical (unpaired) electrons. The fraction of sp³-hybridized carbons (Fsp3) is 0.679. The molecule has 0 aromatic heterocycles. The number of allylic oxidation sites excluding steroid dienone is 1. The van der Waals surface area contributed by atoms with Crippen LogP contribution in [-0.4, -0.2) is 12.1 Å². The number of ether oxygens (including phenoxy) is 1. The molecule has 2 nitrogen and oxygen atoms in total. The van der Waals surface area contributed by atoms with Crippen LogP contribution in [0, 0.1) is 17.7 Å². The Hall–Kier alpha value is -1.35. The first-order chi connectivity index (χ1) is 15.5. The van der Waals surface area contributed by atoms with Gasteiger partial charge in [-0.25, -0.2) is 4.39 Å². The minimum absolute atomic E-state index is 0.0326. The summed E-state index contributed by atoms with van der Waals surface area (Å²) in [7, 11) is 0. The molecule has 32 heavy (non-hydrogen) atoms. The standard InChI is InChI=1S/C28H40ClFO2/c1-3-5-7-9-24-18-16-23(28(31)32-24)15-12-20-10-13-21(14-11-20)25-19-17-22(8-6-4-2)27(30)26(25)29/h4,17,19-21,23-24H,2-3,5-16,18H2,1H3. The molecule has 2 fully saturated rings.